The Balaban J connectivity index is 1.43. The number of benzene rings is 2. The molecule has 4 aromatic rings. The van der Waals surface area contributed by atoms with Crippen molar-refractivity contribution in [2.75, 3.05) is 13.1 Å². The van der Waals surface area contributed by atoms with Crippen LogP contribution < -0.4 is 10.1 Å². The molecule has 0 unspecified atom stereocenters. The number of aromatic nitrogens is 3. The molecule has 0 atom stereocenters. The van der Waals surface area contributed by atoms with Crippen LogP contribution in [-0.4, -0.2) is 39.1 Å². The van der Waals surface area contributed by atoms with Crippen molar-refractivity contribution in [3.05, 3.63) is 76.3 Å². The molecule has 3 heterocycles. The minimum Gasteiger partial charge on any atom is -0.478 e. The molecule has 8 heteroatoms. The molecule has 2 aromatic carbocycles. The predicted molar refractivity (Wildman–Crippen MR) is 128 cm³/mol. The molecule has 0 saturated carbocycles. The highest BCUT2D eigenvalue weighted by molar-refractivity contribution is 6.33. The Kier molecular flexibility index (Phi) is 5.58. The van der Waals surface area contributed by atoms with E-state index in [-0.39, 0.29) is 11.6 Å². The van der Waals surface area contributed by atoms with Crippen molar-refractivity contribution in [2.24, 2.45) is 0 Å². The zero-order valence-electron chi connectivity index (χ0n) is 17.9. The van der Waals surface area contributed by atoms with Gasteiger partial charge in [0.2, 0.25) is 0 Å². The van der Waals surface area contributed by atoms with Gasteiger partial charge < -0.3 is 20.1 Å². The average molecular weight is 461 g/mol. The number of nitrogens with zero attached hydrogens (tertiary/aromatic N) is 2. The standard InChI is InChI=1S/C25H21ClN4O3/c1-14-2-7-18(12-19(14)24(31)32)33-25-28-21-13-20(26)22(29-23(21)30-25)17-5-3-15(4-6-17)16-8-10-27-11-9-16/h2-8,12-13,27H,9-11H2,1H3,(H,31,32)(H,28,29,30). The fraction of sp³-hybridized carbons (Fsp3) is 0.160. The van der Waals surface area contributed by atoms with Crippen molar-refractivity contribution in [3.63, 3.8) is 0 Å². The second-order valence-electron chi connectivity index (χ2n) is 7.88. The highest BCUT2D eigenvalue weighted by Crippen LogP contribution is 2.32. The number of nitrogens with one attached hydrogen (secondary N) is 2. The van der Waals surface area contributed by atoms with Gasteiger partial charge in [-0.05, 0) is 54.8 Å². The zero-order valence-corrected chi connectivity index (χ0v) is 18.6. The number of pyridine rings is 1. The van der Waals surface area contributed by atoms with Crippen LogP contribution in [0, 0.1) is 6.92 Å². The summed E-state index contributed by atoms with van der Waals surface area (Å²) in [5.74, 6) is -0.644. The Hall–Kier alpha value is -3.68. The Bertz CT molecular complexity index is 1390. The molecule has 0 saturated heterocycles. The van der Waals surface area contributed by atoms with E-state index in [1.165, 1.54) is 17.2 Å². The van der Waals surface area contributed by atoms with Gasteiger partial charge in [-0.25, -0.2) is 9.78 Å². The maximum atomic E-state index is 11.4. The molecule has 0 amide bonds. The van der Waals surface area contributed by atoms with Crippen molar-refractivity contribution in [1.82, 2.24) is 20.3 Å². The summed E-state index contributed by atoms with van der Waals surface area (Å²) in [6.07, 6.45) is 3.23. The van der Waals surface area contributed by atoms with Gasteiger partial charge in [-0.3, -0.25) is 0 Å². The van der Waals surface area contributed by atoms with E-state index >= 15 is 0 Å². The van der Waals surface area contributed by atoms with E-state index in [9.17, 15) is 9.90 Å². The maximum Gasteiger partial charge on any atom is 0.336 e. The fourth-order valence-corrected chi connectivity index (χ4v) is 4.14. The fourth-order valence-electron chi connectivity index (χ4n) is 3.88. The number of carboxylic acid groups (broad SMARTS) is 1. The molecule has 3 N–H and O–H groups in total. The first-order valence-corrected chi connectivity index (χ1v) is 10.9. The molecule has 0 aliphatic carbocycles. The Labute approximate surface area is 195 Å². The topological polar surface area (TPSA) is 100 Å². The maximum absolute atomic E-state index is 11.4. The summed E-state index contributed by atoms with van der Waals surface area (Å²) in [4.78, 5) is 23.5. The van der Waals surface area contributed by atoms with E-state index in [1.807, 2.05) is 12.1 Å². The van der Waals surface area contributed by atoms with Gasteiger partial charge in [0.1, 0.15) is 5.75 Å². The lowest BCUT2D eigenvalue weighted by atomic mass is 9.98. The Morgan fingerprint density at radius 2 is 1.88 bits per heavy atom. The Morgan fingerprint density at radius 1 is 1.09 bits per heavy atom. The Morgan fingerprint density at radius 3 is 2.61 bits per heavy atom. The van der Waals surface area contributed by atoms with Gasteiger partial charge in [0.25, 0.3) is 0 Å². The van der Waals surface area contributed by atoms with Gasteiger partial charge in [0.05, 0.1) is 21.8 Å². The van der Waals surface area contributed by atoms with Gasteiger partial charge in [0.15, 0.2) is 5.65 Å². The zero-order chi connectivity index (χ0) is 22.9. The van der Waals surface area contributed by atoms with Gasteiger partial charge in [-0.1, -0.05) is 48.0 Å². The third kappa shape index (κ3) is 4.33. The quantitative estimate of drug-likeness (QED) is 0.366. The van der Waals surface area contributed by atoms with E-state index < -0.39 is 5.97 Å². The number of hydrogen-bond donors (Lipinski definition) is 3. The number of fused-ring (bicyclic) bond motifs is 1. The third-order valence-corrected chi connectivity index (χ3v) is 5.94. The lowest BCUT2D eigenvalue weighted by molar-refractivity contribution is 0.0695. The molecule has 5 rings (SSSR count). The number of halogens is 1. The summed E-state index contributed by atoms with van der Waals surface area (Å²) in [6.45, 7) is 3.62. The van der Waals surface area contributed by atoms with E-state index in [2.05, 4.69) is 38.5 Å². The molecule has 0 fully saturated rings. The summed E-state index contributed by atoms with van der Waals surface area (Å²) < 4.78 is 5.75. The van der Waals surface area contributed by atoms with Crippen molar-refractivity contribution in [2.45, 2.75) is 13.3 Å². The molecule has 166 valence electrons. The van der Waals surface area contributed by atoms with Gasteiger partial charge in [0, 0.05) is 12.1 Å². The highest BCUT2D eigenvalue weighted by Gasteiger charge is 2.15. The van der Waals surface area contributed by atoms with Gasteiger partial charge in [-0.2, -0.15) is 4.98 Å². The van der Waals surface area contributed by atoms with Crippen molar-refractivity contribution >= 4 is 34.3 Å². The monoisotopic (exact) mass is 460 g/mol. The second kappa shape index (κ2) is 8.69. The number of carbonyl (C=O) groups is 1. The lowest BCUT2D eigenvalue weighted by Crippen LogP contribution is -2.19. The van der Waals surface area contributed by atoms with Gasteiger partial charge >= 0.3 is 12.0 Å². The first-order chi connectivity index (χ1) is 16.0. The average Bonchev–Trinajstić information content (AvgIpc) is 3.21. The van der Waals surface area contributed by atoms with Gasteiger partial charge in [-0.15, -0.1) is 0 Å². The van der Waals surface area contributed by atoms with E-state index in [0.29, 0.717) is 33.2 Å². The van der Waals surface area contributed by atoms with Crippen LogP contribution in [0.1, 0.15) is 27.9 Å². The third-order valence-electron chi connectivity index (χ3n) is 5.65. The molecular weight excluding hydrogens is 440 g/mol. The first kappa shape index (κ1) is 21.2. The summed E-state index contributed by atoms with van der Waals surface area (Å²) in [5.41, 5.74) is 5.99. The summed E-state index contributed by atoms with van der Waals surface area (Å²) in [6, 6.07) is 15.0. The van der Waals surface area contributed by atoms with Crippen LogP contribution in [0.5, 0.6) is 11.8 Å². The van der Waals surface area contributed by atoms with Crippen molar-refractivity contribution in [1.29, 1.82) is 0 Å². The lowest BCUT2D eigenvalue weighted by Gasteiger charge is -2.14. The number of H-pyrrole nitrogens is 1. The smallest absolute Gasteiger partial charge is 0.336 e. The number of hydrogen-bond acceptors (Lipinski definition) is 5. The second-order valence-corrected chi connectivity index (χ2v) is 8.28. The van der Waals surface area contributed by atoms with Crippen LogP contribution in [0.3, 0.4) is 0 Å². The summed E-state index contributed by atoms with van der Waals surface area (Å²) in [5, 5.41) is 13.1. The van der Waals surface area contributed by atoms with Crippen LogP contribution in [0.4, 0.5) is 0 Å². The molecule has 1 aliphatic rings. The summed E-state index contributed by atoms with van der Waals surface area (Å²) >= 11 is 6.53. The number of carboxylic acids is 1. The molecule has 0 radical (unpaired) electrons. The minimum atomic E-state index is -1.01. The molecule has 2 aromatic heterocycles. The number of ether oxygens (including phenoxy) is 1. The molecular formula is C25H21ClN4O3. The van der Waals surface area contributed by atoms with Crippen LogP contribution >= 0.6 is 11.6 Å². The van der Waals surface area contributed by atoms with Crippen LogP contribution in [0.15, 0.2) is 54.6 Å². The van der Waals surface area contributed by atoms with E-state index in [0.717, 1.165) is 25.1 Å². The molecule has 1 aliphatic heterocycles. The number of imidazole rings is 1. The number of aryl methyl sites for hydroxylation is 1. The predicted octanol–water partition coefficient (Wildman–Crippen LogP) is 5.45. The van der Waals surface area contributed by atoms with Crippen LogP contribution in [-0.2, 0) is 0 Å². The minimum absolute atomic E-state index is 0.177. The van der Waals surface area contributed by atoms with Crippen LogP contribution in [0.2, 0.25) is 5.02 Å². The van der Waals surface area contributed by atoms with Crippen molar-refractivity contribution in [3.8, 4) is 23.0 Å². The normalized spacial score (nSPS) is 13.7. The molecule has 0 spiro atoms. The summed E-state index contributed by atoms with van der Waals surface area (Å²) in [7, 11) is 0. The highest BCUT2D eigenvalue weighted by atomic mass is 35.5. The SMILES string of the molecule is Cc1ccc(Oc2nc3nc(-c4ccc(C5=CCNCC5)cc4)c(Cl)cc3[nH]2)cc1C(=O)O. The number of rotatable bonds is 5. The molecule has 7 nitrogen and oxygen atoms in total. The molecule has 33 heavy (non-hydrogen) atoms. The number of aromatic amines is 1. The molecule has 0 bridgehead atoms. The number of aromatic carboxylic acids is 1. The van der Waals surface area contributed by atoms with E-state index in [4.69, 9.17) is 16.3 Å². The van der Waals surface area contributed by atoms with Crippen molar-refractivity contribution < 1.29 is 14.6 Å². The van der Waals surface area contributed by atoms with E-state index in [1.54, 1.807) is 25.1 Å². The van der Waals surface area contributed by atoms with Crippen LogP contribution in [0.25, 0.3) is 28.0 Å². The largest absolute Gasteiger partial charge is 0.478 e. The first-order valence-electron chi connectivity index (χ1n) is 10.6.